The number of nitrogens with zero attached hydrogens (tertiary/aromatic N) is 2. The van der Waals surface area contributed by atoms with Crippen molar-refractivity contribution in [2.24, 2.45) is 0 Å². The van der Waals surface area contributed by atoms with Crippen molar-refractivity contribution in [3.63, 3.8) is 0 Å². The second-order valence-electron chi connectivity index (χ2n) is 6.13. The van der Waals surface area contributed by atoms with Gasteiger partial charge in [0.2, 0.25) is 0 Å². The van der Waals surface area contributed by atoms with E-state index in [2.05, 4.69) is 42.9 Å². The summed E-state index contributed by atoms with van der Waals surface area (Å²) in [4.78, 5) is 4.47. The fourth-order valence-electron chi connectivity index (χ4n) is 2.71. The molecule has 3 nitrogen and oxygen atoms in total. The molecule has 1 fully saturated rings. The van der Waals surface area contributed by atoms with Crippen LogP contribution in [0.15, 0.2) is 18.2 Å². The fourth-order valence-corrected chi connectivity index (χ4v) is 2.71. The van der Waals surface area contributed by atoms with E-state index >= 15 is 0 Å². The van der Waals surface area contributed by atoms with Crippen molar-refractivity contribution in [1.82, 2.24) is 10.2 Å². The van der Waals surface area contributed by atoms with Crippen molar-refractivity contribution in [3.8, 4) is 0 Å². The number of nitrogens with one attached hydrogen (secondary N) is 1. The van der Waals surface area contributed by atoms with Gasteiger partial charge in [-0.1, -0.05) is 19.9 Å². The molecule has 0 radical (unpaired) electrons. The third-order valence-corrected chi connectivity index (χ3v) is 3.87. The molecule has 1 aliphatic heterocycles. The molecule has 1 aromatic rings. The number of benzene rings is 1. The van der Waals surface area contributed by atoms with E-state index in [4.69, 9.17) is 0 Å². The van der Waals surface area contributed by atoms with Crippen molar-refractivity contribution in [1.29, 1.82) is 0 Å². The molecule has 2 rings (SSSR count). The van der Waals surface area contributed by atoms with Gasteiger partial charge in [-0.2, -0.15) is 0 Å². The van der Waals surface area contributed by atoms with Gasteiger partial charge in [-0.05, 0) is 31.7 Å². The topological polar surface area (TPSA) is 18.5 Å². The van der Waals surface area contributed by atoms with Gasteiger partial charge < -0.3 is 15.1 Å². The van der Waals surface area contributed by atoms with E-state index in [1.807, 2.05) is 12.1 Å². The molecule has 4 heteroatoms. The van der Waals surface area contributed by atoms with Crippen LogP contribution in [0.4, 0.5) is 10.1 Å². The molecule has 1 aliphatic rings. The Labute approximate surface area is 121 Å². The Bertz CT molecular complexity index is 447. The van der Waals surface area contributed by atoms with Crippen LogP contribution in [0, 0.1) is 5.82 Å². The highest BCUT2D eigenvalue weighted by atomic mass is 19.1. The average molecular weight is 279 g/mol. The van der Waals surface area contributed by atoms with E-state index in [0.717, 1.165) is 30.9 Å². The maximum atomic E-state index is 14.3. The summed E-state index contributed by atoms with van der Waals surface area (Å²) in [6.45, 7) is 9.92. The first-order chi connectivity index (χ1) is 9.47. The molecular formula is C16H26FN3. The molecule has 0 saturated carbocycles. The van der Waals surface area contributed by atoms with Gasteiger partial charge in [0.05, 0.1) is 5.69 Å². The predicted octanol–water partition coefficient (Wildman–Crippen LogP) is 2.46. The molecule has 1 heterocycles. The van der Waals surface area contributed by atoms with E-state index in [1.165, 1.54) is 0 Å². The monoisotopic (exact) mass is 279 g/mol. The highest BCUT2D eigenvalue weighted by Gasteiger charge is 2.23. The minimum absolute atomic E-state index is 0.107. The molecule has 1 atom stereocenters. The number of piperazine rings is 1. The first kappa shape index (κ1) is 15.3. The van der Waals surface area contributed by atoms with Crippen LogP contribution >= 0.6 is 0 Å². The van der Waals surface area contributed by atoms with Gasteiger partial charge in [0.1, 0.15) is 5.82 Å². The van der Waals surface area contributed by atoms with Gasteiger partial charge in [-0.15, -0.1) is 0 Å². The summed E-state index contributed by atoms with van der Waals surface area (Å²) in [5.41, 5.74) is 1.74. The maximum absolute atomic E-state index is 14.3. The molecule has 1 unspecified atom stereocenters. The van der Waals surface area contributed by atoms with Crippen LogP contribution in [-0.4, -0.2) is 43.7 Å². The smallest absolute Gasteiger partial charge is 0.146 e. The van der Waals surface area contributed by atoms with Crippen molar-refractivity contribution in [3.05, 3.63) is 29.6 Å². The zero-order valence-electron chi connectivity index (χ0n) is 13.0. The van der Waals surface area contributed by atoms with Crippen LogP contribution in [0.25, 0.3) is 0 Å². The summed E-state index contributed by atoms with van der Waals surface area (Å²) < 4.78 is 14.3. The summed E-state index contributed by atoms with van der Waals surface area (Å²) in [7, 11) is 2.12. The Balaban J connectivity index is 2.09. The molecule has 0 bridgehead atoms. The zero-order valence-corrected chi connectivity index (χ0v) is 13.0. The van der Waals surface area contributed by atoms with Crippen molar-refractivity contribution in [2.75, 3.05) is 31.6 Å². The quantitative estimate of drug-likeness (QED) is 0.913. The molecule has 1 N–H and O–H groups in total. The Hall–Kier alpha value is -1.13. The van der Waals surface area contributed by atoms with E-state index in [1.54, 1.807) is 6.07 Å². The van der Waals surface area contributed by atoms with Crippen molar-refractivity contribution >= 4 is 5.69 Å². The number of hydrogen-bond acceptors (Lipinski definition) is 3. The lowest BCUT2D eigenvalue weighted by Crippen LogP contribution is -2.50. The summed E-state index contributed by atoms with van der Waals surface area (Å²) in [6, 6.07) is 6.38. The lowest BCUT2D eigenvalue weighted by Gasteiger charge is -2.40. The number of halogens is 1. The van der Waals surface area contributed by atoms with Crippen LogP contribution in [0.3, 0.4) is 0 Å². The molecule has 1 saturated heterocycles. The standard InChI is InChI=1S/C16H26FN3/c1-12(2)18-10-14-5-6-16(15(17)9-14)20-8-7-19(4)11-13(20)3/h5-6,9,12-13,18H,7-8,10-11H2,1-4H3. The lowest BCUT2D eigenvalue weighted by atomic mass is 10.1. The second kappa shape index (κ2) is 6.55. The third-order valence-electron chi connectivity index (χ3n) is 3.87. The summed E-state index contributed by atoms with van der Waals surface area (Å²) >= 11 is 0. The molecule has 0 amide bonds. The van der Waals surface area contributed by atoms with Gasteiger partial charge in [0.15, 0.2) is 0 Å². The summed E-state index contributed by atoms with van der Waals surface area (Å²) in [6.07, 6.45) is 0. The van der Waals surface area contributed by atoms with Crippen LogP contribution in [0.5, 0.6) is 0 Å². The lowest BCUT2D eigenvalue weighted by molar-refractivity contribution is 0.274. The van der Waals surface area contributed by atoms with Gasteiger partial charge in [0, 0.05) is 38.3 Å². The number of likely N-dealkylation sites (N-methyl/N-ethyl adjacent to an activating group) is 1. The first-order valence-corrected chi connectivity index (χ1v) is 7.44. The molecule has 0 aromatic heterocycles. The number of rotatable bonds is 4. The summed E-state index contributed by atoms with van der Waals surface area (Å²) in [5.74, 6) is -0.107. The predicted molar refractivity (Wildman–Crippen MR) is 82.7 cm³/mol. The van der Waals surface area contributed by atoms with Gasteiger partial charge in [-0.25, -0.2) is 4.39 Å². The normalized spacial score (nSPS) is 20.7. The first-order valence-electron chi connectivity index (χ1n) is 7.44. The van der Waals surface area contributed by atoms with E-state index in [9.17, 15) is 4.39 Å². The minimum Gasteiger partial charge on any atom is -0.364 e. The fraction of sp³-hybridized carbons (Fsp3) is 0.625. The molecule has 0 spiro atoms. The van der Waals surface area contributed by atoms with Gasteiger partial charge >= 0.3 is 0 Å². The van der Waals surface area contributed by atoms with Crippen LogP contribution in [0.1, 0.15) is 26.3 Å². The van der Waals surface area contributed by atoms with Gasteiger partial charge in [-0.3, -0.25) is 0 Å². The van der Waals surface area contributed by atoms with E-state index < -0.39 is 0 Å². The Kier molecular flexibility index (Phi) is 5.00. The molecular weight excluding hydrogens is 253 g/mol. The van der Waals surface area contributed by atoms with Crippen LogP contribution < -0.4 is 10.2 Å². The molecule has 20 heavy (non-hydrogen) atoms. The largest absolute Gasteiger partial charge is 0.364 e. The zero-order chi connectivity index (χ0) is 14.7. The molecule has 112 valence electrons. The molecule has 0 aliphatic carbocycles. The number of anilines is 1. The van der Waals surface area contributed by atoms with Gasteiger partial charge in [0.25, 0.3) is 0 Å². The SMILES string of the molecule is CC(C)NCc1ccc(N2CCN(C)CC2C)c(F)c1. The Morgan fingerprint density at radius 1 is 1.35 bits per heavy atom. The van der Waals surface area contributed by atoms with Crippen molar-refractivity contribution in [2.45, 2.75) is 39.4 Å². The second-order valence-corrected chi connectivity index (χ2v) is 6.13. The minimum atomic E-state index is -0.107. The molecule has 1 aromatic carbocycles. The van der Waals surface area contributed by atoms with Crippen LogP contribution in [-0.2, 0) is 6.54 Å². The maximum Gasteiger partial charge on any atom is 0.146 e. The average Bonchev–Trinajstić information content (AvgIpc) is 2.37. The van der Waals surface area contributed by atoms with E-state index in [0.29, 0.717) is 18.6 Å². The van der Waals surface area contributed by atoms with Crippen LogP contribution in [0.2, 0.25) is 0 Å². The Morgan fingerprint density at radius 3 is 2.70 bits per heavy atom. The highest BCUT2D eigenvalue weighted by Crippen LogP contribution is 2.24. The summed E-state index contributed by atoms with van der Waals surface area (Å²) in [5, 5.41) is 3.32. The van der Waals surface area contributed by atoms with Crippen molar-refractivity contribution < 1.29 is 4.39 Å². The number of hydrogen-bond donors (Lipinski definition) is 1. The van der Waals surface area contributed by atoms with E-state index in [-0.39, 0.29) is 5.82 Å². The Morgan fingerprint density at radius 2 is 2.10 bits per heavy atom. The highest BCUT2D eigenvalue weighted by molar-refractivity contribution is 5.50. The third kappa shape index (κ3) is 3.70.